The average molecular weight is 467 g/mol. The number of amides is 3. The third kappa shape index (κ3) is 5.79. The maximum absolute atomic E-state index is 13.0. The number of rotatable bonds is 6. The van der Waals surface area contributed by atoms with Crippen LogP contribution in [0.4, 0.5) is 11.4 Å². The van der Waals surface area contributed by atoms with E-state index in [0.29, 0.717) is 48.1 Å². The van der Waals surface area contributed by atoms with Crippen molar-refractivity contribution in [3.63, 3.8) is 0 Å². The zero-order valence-corrected chi connectivity index (χ0v) is 18.5. The normalized spacial score (nSPS) is 14.0. The molecular formula is C24H23ClN4O4. The van der Waals surface area contributed by atoms with E-state index in [9.17, 15) is 14.4 Å². The number of carbonyl (C=O) groups is 3. The molecule has 0 spiro atoms. The minimum atomic E-state index is -0.381. The van der Waals surface area contributed by atoms with E-state index in [1.165, 1.54) is 6.26 Å². The first kappa shape index (κ1) is 22.6. The lowest BCUT2D eigenvalue weighted by molar-refractivity contribution is -0.117. The van der Waals surface area contributed by atoms with Crippen molar-refractivity contribution in [2.45, 2.75) is 0 Å². The zero-order valence-electron chi connectivity index (χ0n) is 17.8. The van der Waals surface area contributed by atoms with E-state index in [0.717, 1.165) is 0 Å². The molecule has 9 heteroatoms. The number of hydrogen-bond donors (Lipinski definition) is 2. The summed E-state index contributed by atoms with van der Waals surface area (Å²) in [6.45, 7) is 2.39. The molecule has 1 fully saturated rings. The molecule has 3 amide bonds. The van der Waals surface area contributed by atoms with E-state index in [4.69, 9.17) is 16.0 Å². The van der Waals surface area contributed by atoms with Crippen molar-refractivity contribution in [1.82, 2.24) is 9.80 Å². The number of piperazine rings is 1. The molecule has 33 heavy (non-hydrogen) atoms. The molecule has 0 saturated carbocycles. The van der Waals surface area contributed by atoms with Crippen molar-refractivity contribution in [2.24, 2.45) is 0 Å². The van der Waals surface area contributed by atoms with Gasteiger partial charge in [-0.25, -0.2) is 0 Å². The molecule has 2 N–H and O–H groups in total. The molecular weight excluding hydrogens is 444 g/mol. The molecule has 1 aromatic heterocycles. The van der Waals surface area contributed by atoms with Crippen molar-refractivity contribution in [1.29, 1.82) is 0 Å². The van der Waals surface area contributed by atoms with Gasteiger partial charge >= 0.3 is 0 Å². The van der Waals surface area contributed by atoms with Crippen LogP contribution in [0.1, 0.15) is 20.9 Å². The van der Waals surface area contributed by atoms with Crippen LogP contribution in [0.3, 0.4) is 0 Å². The number of para-hydroxylation sites is 1. The maximum atomic E-state index is 13.0. The van der Waals surface area contributed by atoms with Crippen molar-refractivity contribution >= 4 is 40.7 Å². The summed E-state index contributed by atoms with van der Waals surface area (Å²) in [7, 11) is 0. The summed E-state index contributed by atoms with van der Waals surface area (Å²) in [5.74, 6) is -0.457. The number of halogens is 1. The number of benzene rings is 2. The minimum absolute atomic E-state index is 0.121. The Hall–Kier alpha value is -3.62. The van der Waals surface area contributed by atoms with Crippen molar-refractivity contribution in [3.8, 4) is 0 Å². The van der Waals surface area contributed by atoms with Gasteiger partial charge in [-0.2, -0.15) is 0 Å². The summed E-state index contributed by atoms with van der Waals surface area (Å²) in [4.78, 5) is 41.2. The molecule has 4 rings (SSSR count). The Morgan fingerprint density at radius 2 is 1.70 bits per heavy atom. The second kappa shape index (κ2) is 10.3. The van der Waals surface area contributed by atoms with Gasteiger partial charge in [0.2, 0.25) is 5.91 Å². The van der Waals surface area contributed by atoms with Crippen LogP contribution in [0.5, 0.6) is 0 Å². The van der Waals surface area contributed by atoms with Crippen LogP contribution in [0.25, 0.3) is 0 Å². The van der Waals surface area contributed by atoms with Gasteiger partial charge in [-0.15, -0.1) is 0 Å². The second-order valence-electron chi connectivity index (χ2n) is 7.61. The number of anilines is 2. The van der Waals surface area contributed by atoms with Crippen LogP contribution in [0, 0.1) is 0 Å². The number of carbonyl (C=O) groups excluding carboxylic acids is 3. The molecule has 8 nitrogen and oxygen atoms in total. The lowest BCUT2D eigenvalue weighted by Crippen LogP contribution is -2.50. The number of hydrogen-bond acceptors (Lipinski definition) is 5. The van der Waals surface area contributed by atoms with E-state index in [2.05, 4.69) is 10.6 Å². The van der Waals surface area contributed by atoms with Crippen molar-refractivity contribution < 1.29 is 18.8 Å². The van der Waals surface area contributed by atoms with Gasteiger partial charge in [-0.1, -0.05) is 29.8 Å². The van der Waals surface area contributed by atoms with Crippen LogP contribution in [0.15, 0.2) is 71.3 Å². The monoisotopic (exact) mass is 466 g/mol. The summed E-state index contributed by atoms with van der Waals surface area (Å²) in [6.07, 6.45) is 1.43. The van der Waals surface area contributed by atoms with Crippen molar-refractivity contribution in [2.75, 3.05) is 43.4 Å². The third-order valence-electron chi connectivity index (χ3n) is 5.29. The quantitative estimate of drug-likeness (QED) is 0.579. The fourth-order valence-corrected chi connectivity index (χ4v) is 3.76. The van der Waals surface area contributed by atoms with E-state index >= 15 is 0 Å². The minimum Gasteiger partial charge on any atom is -0.459 e. The summed E-state index contributed by atoms with van der Waals surface area (Å²) >= 11 is 6.09. The van der Waals surface area contributed by atoms with Crippen LogP contribution in [-0.2, 0) is 4.79 Å². The largest absolute Gasteiger partial charge is 0.459 e. The lowest BCUT2D eigenvalue weighted by atomic mass is 10.1. The molecule has 2 aromatic carbocycles. The Balaban J connectivity index is 1.29. The third-order valence-corrected chi connectivity index (χ3v) is 5.62. The molecule has 0 unspecified atom stereocenters. The smallest absolute Gasteiger partial charge is 0.291 e. The maximum Gasteiger partial charge on any atom is 0.291 e. The van der Waals surface area contributed by atoms with Crippen molar-refractivity contribution in [3.05, 3.63) is 83.3 Å². The molecule has 0 atom stereocenters. The van der Waals surface area contributed by atoms with Crippen LogP contribution in [0.2, 0.25) is 5.02 Å². The Bertz CT molecular complexity index is 1140. The highest BCUT2D eigenvalue weighted by Crippen LogP contribution is 2.20. The fraction of sp³-hybridized carbons (Fsp3) is 0.208. The Kier molecular flexibility index (Phi) is 7.07. The molecule has 1 saturated heterocycles. The van der Waals surface area contributed by atoms with Crippen LogP contribution in [-0.4, -0.2) is 60.2 Å². The highest BCUT2D eigenvalue weighted by molar-refractivity contribution is 6.33. The highest BCUT2D eigenvalue weighted by Gasteiger charge is 2.24. The van der Waals surface area contributed by atoms with Gasteiger partial charge in [0.1, 0.15) is 0 Å². The van der Waals surface area contributed by atoms with E-state index in [1.54, 1.807) is 59.5 Å². The Labute approximate surface area is 196 Å². The number of nitrogens with zero attached hydrogens (tertiary/aromatic N) is 2. The van der Waals surface area contributed by atoms with Crippen LogP contribution >= 0.6 is 11.6 Å². The molecule has 0 bridgehead atoms. The first-order chi connectivity index (χ1) is 16.0. The van der Waals surface area contributed by atoms with Gasteiger partial charge < -0.3 is 20.0 Å². The van der Waals surface area contributed by atoms with E-state index < -0.39 is 0 Å². The number of nitrogens with one attached hydrogen (secondary N) is 2. The lowest BCUT2D eigenvalue weighted by Gasteiger charge is -2.34. The molecule has 2 heterocycles. The Morgan fingerprint density at radius 3 is 2.42 bits per heavy atom. The summed E-state index contributed by atoms with van der Waals surface area (Å²) in [5.41, 5.74) is 1.58. The first-order valence-corrected chi connectivity index (χ1v) is 10.9. The van der Waals surface area contributed by atoms with Gasteiger partial charge in [0, 0.05) is 37.4 Å². The predicted octanol–water partition coefficient (Wildman–Crippen LogP) is 3.58. The zero-order chi connectivity index (χ0) is 23.2. The SMILES string of the molecule is O=C(CN1CCN(C(=O)c2cccc(NC(=O)c3ccco3)c2)CC1)Nc1ccccc1Cl. The summed E-state index contributed by atoms with van der Waals surface area (Å²) in [6, 6.07) is 17.1. The summed E-state index contributed by atoms with van der Waals surface area (Å²) < 4.78 is 5.09. The molecule has 1 aliphatic rings. The van der Waals surface area contributed by atoms with Gasteiger partial charge in [-0.05, 0) is 42.5 Å². The molecule has 0 radical (unpaired) electrons. The van der Waals surface area contributed by atoms with Gasteiger partial charge in [0.05, 0.1) is 23.5 Å². The average Bonchev–Trinajstić information content (AvgIpc) is 3.36. The van der Waals surface area contributed by atoms with E-state index in [1.807, 2.05) is 11.0 Å². The molecule has 3 aromatic rings. The van der Waals surface area contributed by atoms with Crippen LogP contribution < -0.4 is 10.6 Å². The van der Waals surface area contributed by atoms with Gasteiger partial charge in [0.15, 0.2) is 5.76 Å². The first-order valence-electron chi connectivity index (χ1n) is 10.5. The standard InChI is InChI=1S/C24H23ClN4O4/c25-19-7-1-2-8-20(19)27-22(30)16-28-10-12-29(13-11-28)24(32)17-5-3-6-18(15-17)26-23(31)21-9-4-14-33-21/h1-9,14-15H,10-13,16H2,(H,26,31)(H,27,30). The van der Waals surface area contributed by atoms with Gasteiger partial charge in [0.25, 0.3) is 11.8 Å². The number of furan rings is 1. The highest BCUT2D eigenvalue weighted by atomic mass is 35.5. The van der Waals surface area contributed by atoms with Gasteiger partial charge in [-0.3, -0.25) is 19.3 Å². The molecule has 170 valence electrons. The predicted molar refractivity (Wildman–Crippen MR) is 126 cm³/mol. The molecule has 0 aliphatic carbocycles. The fourth-order valence-electron chi connectivity index (χ4n) is 3.58. The topological polar surface area (TPSA) is 94.9 Å². The molecule has 1 aliphatic heterocycles. The Morgan fingerprint density at radius 1 is 0.909 bits per heavy atom. The van der Waals surface area contributed by atoms with E-state index in [-0.39, 0.29) is 30.0 Å². The summed E-state index contributed by atoms with van der Waals surface area (Å²) in [5, 5.41) is 6.03. The second-order valence-corrected chi connectivity index (χ2v) is 8.02.